The number of hydrogen-bond acceptors (Lipinski definition) is 5. The van der Waals surface area contributed by atoms with Crippen LogP contribution in [-0.2, 0) is 24.3 Å². The van der Waals surface area contributed by atoms with Gasteiger partial charge in [-0.3, -0.25) is 4.79 Å². The van der Waals surface area contributed by atoms with Crippen molar-refractivity contribution < 1.29 is 32.2 Å². The van der Waals surface area contributed by atoms with Gasteiger partial charge >= 0.3 is 5.97 Å². The fourth-order valence-electron chi connectivity index (χ4n) is 2.56. The van der Waals surface area contributed by atoms with Crippen LogP contribution < -0.4 is 4.72 Å². The number of hydrogen-bond donors (Lipinski definition) is 2. The Kier molecular flexibility index (Phi) is 6.32. The number of sulfonamides is 1. The number of halogens is 1. The molecule has 1 aromatic rings. The highest BCUT2D eigenvalue weighted by atomic mass is 32.2. The molecule has 0 spiro atoms. The van der Waals surface area contributed by atoms with Crippen LogP contribution in [0.1, 0.15) is 13.8 Å². The normalized spacial score (nSPS) is 19.4. The van der Waals surface area contributed by atoms with Crippen LogP contribution in [0.3, 0.4) is 0 Å². The zero-order valence-corrected chi connectivity index (χ0v) is 15.2. The highest BCUT2D eigenvalue weighted by Crippen LogP contribution is 2.17. The molecule has 2 atom stereocenters. The molecule has 144 valence electrons. The number of nitrogens with one attached hydrogen (secondary N) is 1. The van der Waals surface area contributed by atoms with Crippen LogP contribution in [0.15, 0.2) is 29.2 Å². The summed E-state index contributed by atoms with van der Waals surface area (Å²) >= 11 is 0. The second kappa shape index (κ2) is 8.11. The molecule has 1 fully saturated rings. The van der Waals surface area contributed by atoms with Crippen molar-refractivity contribution >= 4 is 21.9 Å². The first-order chi connectivity index (χ1) is 12.1. The molecule has 2 rings (SSSR count). The largest absolute Gasteiger partial charge is 0.479 e. The number of benzene rings is 1. The Bertz CT molecular complexity index is 783. The van der Waals surface area contributed by atoms with Crippen LogP contribution in [0, 0.1) is 11.7 Å². The SMILES string of the molecule is CC(C)C(NS(=O)(=O)c1ccccc1F)C(=O)N1CCOC(C(=O)O)C1. The molecule has 1 saturated heterocycles. The van der Waals surface area contributed by atoms with E-state index in [1.54, 1.807) is 13.8 Å². The van der Waals surface area contributed by atoms with Crippen LogP contribution in [0.5, 0.6) is 0 Å². The van der Waals surface area contributed by atoms with Gasteiger partial charge in [0.1, 0.15) is 16.8 Å². The second-order valence-electron chi connectivity index (χ2n) is 6.26. The van der Waals surface area contributed by atoms with Crippen molar-refractivity contribution in [1.82, 2.24) is 9.62 Å². The third-order valence-electron chi connectivity index (χ3n) is 3.99. The zero-order valence-electron chi connectivity index (χ0n) is 14.4. The predicted molar refractivity (Wildman–Crippen MR) is 89.3 cm³/mol. The van der Waals surface area contributed by atoms with Gasteiger partial charge in [0.15, 0.2) is 6.10 Å². The quantitative estimate of drug-likeness (QED) is 0.731. The Hall–Kier alpha value is -2.04. The maximum Gasteiger partial charge on any atom is 0.334 e. The molecule has 1 aromatic carbocycles. The van der Waals surface area contributed by atoms with E-state index in [2.05, 4.69) is 4.72 Å². The first kappa shape index (κ1) is 20.3. The summed E-state index contributed by atoms with van der Waals surface area (Å²) < 4.78 is 46.1. The van der Waals surface area contributed by atoms with Gasteiger partial charge < -0.3 is 14.7 Å². The van der Waals surface area contributed by atoms with E-state index in [4.69, 9.17) is 9.84 Å². The molecule has 1 amide bonds. The molecule has 0 aliphatic carbocycles. The van der Waals surface area contributed by atoms with E-state index < -0.39 is 50.7 Å². The van der Waals surface area contributed by atoms with E-state index in [1.807, 2.05) is 0 Å². The van der Waals surface area contributed by atoms with Gasteiger partial charge in [-0.15, -0.1) is 0 Å². The van der Waals surface area contributed by atoms with E-state index in [9.17, 15) is 22.4 Å². The molecule has 1 heterocycles. The second-order valence-corrected chi connectivity index (χ2v) is 7.94. The number of morpholine rings is 1. The van der Waals surface area contributed by atoms with Crippen molar-refractivity contribution in [3.05, 3.63) is 30.1 Å². The highest BCUT2D eigenvalue weighted by Gasteiger charge is 2.36. The number of aliphatic carboxylic acids is 1. The van der Waals surface area contributed by atoms with Crippen molar-refractivity contribution in [2.45, 2.75) is 30.9 Å². The maximum absolute atomic E-state index is 13.8. The van der Waals surface area contributed by atoms with E-state index in [0.29, 0.717) is 0 Å². The number of carbonyl (C=O) groups excluding carboxylic acids is 1. The Balaban J connectivity index is 2.22. The summed E-state index contributed by atoms with van der Waals surface area (Å²) in [4.78, 5) is 24.5. The number of rotatable bonds is 6. The molecule has 8 nitrogen and oxygen atoms in total. The molecule has 2 N–H and O–H groups in total. The van der Waals surface area contributed by atoms with E-state index in [-0.39, 0.29) is 19.7 Å². The number of carbonyl (C=O) groups is 2. The maximum atomic E-state index is 13.8. The topological polar surface area (TPSA) is 113 Å². The molecular formula is C16H21FN2O6S. The Morgan fingerprint density at radius 2 is 2.00 bits per heavy atom. The third kappa shape index (κ3) is 4.57. The molecule has 1 aliphatic heterocycles. The summed E-state index contributed by atoms with van der Waals surface area (Å²) in [6.07, 6.45) is -1.16. The average molecular weight is 388 g/mol. The van der Waals surface area contributed by atoms with Crippen molar-refractivity contribution in [3.63, 3.8) is 0 Å². The van der Waals surface area contributed by atoms with Gasteiger partial charge in [0.05, 0.1) is 13.2 Å². The summed E-state index contributed by atoms with van der Waals surface area (Å²) in [6.45, 7) is 3.28. The van der Waals surface area contributed by atoms with Crippen molar-refractivity contribution in [2.75, 3.05) is 19.7 Å². The highest BCUT2D eigenvalue weighted by molar-refractivity contribution is 7.89. The van der Waals surface area contributed by atoms with E-state index >= 15 is 0 Å². The number of ether oxygens (including phenoxy) is 1. The number of carboxylic acid groups (broad SMARTS) is 1. The monoisotopic (exact) mass is 388 g/mol. The van der Waals surface area contributed by atoms with Gasteiger partial charge in [0.2, 0.25) is 15.9 Å². The van der Waals surface area contributed by atoms with Gasteiger partial charge in [-0.2, -0.15) is 4.72 Å². The first-order valence-electron chi connectivity index (χ1n) is 8.03. The number of carboxylic acids is 1. The van der Waals surface area contributed by atoms with Crippen LogP contribution >= 0.6 is 0 Å². The number of amides is 1. The molecule has 0 aromatic heterocycles. The van der Waals surface area contributed by atoms with E-state index in [0.717, 1.165) is 12.1 Å². The summed E-state index contributed by atoms with van der Waals surface area (Å²) in [5.74, 6) is -3.13. The van der Waals surface area contributed by atoms with Crippen molar-refractivity contribution in [3.8, 4) is 0 Å². The van der Waals surface area contributed by atoms with Gasteiger partial charge in [0, 0.05) is 6.54 Å². The molecule has 0 bridgehead atoms. The molecule has 2 unspecified atom stereocenters. The standard InChI is InChI=1S/C16H21FN2O6S/c1-10(2)14(15(20)19-7-8-25-12(9-19)16(21)22)18-26(23,24)13-6-4-3-5-11(13)17/h3-6,10,12,14,18H,7-9H2,1-2H3,(H,21,22). The molecule has 10 heteroatoms. The number of nitrogens with zero attached hydrogens (tertiary/aromatic N) is 1. The van der Waals surface area contributed by atoms with Crippen LogP contribution in [-0.4, -0.2) is 62.1 Å². The lowest BCUT2D eigenvalue weighted by Crippen LogP contribution is -2.56. The van der Waals surface area contributed by atoms with Gasteiger partial charge in [0.25, 0.3) is 0 Å². The average Bonchev–Trinajstić information content (AvgIpc) is 2.59. The van der Waals surface area contributed by atoms with Gasteiger partial charge in [-0.25, -0.2) is 17.6 Å². The minimum Gasteiger partial charge on any atom is -0.479 e. The van der Waals surface area contributed by atoms with Crippen molar-refractivity contribution in [1.29, 1.82) is 0 Å². The fraction of sp³-hybridized carbons (Fsp3) is 0.500. The lowest BCUT2D eigenvalue weighted by molar-refractivity contribution is -0.160. The Morgan fingerprint density at radius 1 is 1.35 bits per heavy atom. The van der Waals surface area contributed by atoms with Gasteiger partial charge in [-0.05, 0) is 18.1 Å². The van der Waals surface area contributed by atoms with Crippen LogP contribution in [0.25, 0.3) is 0 Å². The molecular weight excluding hydrogens is 367 g/mol. The fourth-order valence-corrected chi connectivity index (χ4v) is 3.98. The lowest BCUT2D eigenvalue weighted by atomic mass is 10.0. The molecule has 0 radical (unpaired) electrons. The van der Waals surface area contributed by atoms with Crippen LogP contribution in [0.4, 0.5) is 4.39 Å². The predicted octanol–water partition coefficient (Wildman–Crippen LogP) is 0.441. The Morgan fingerprint density at radius 3 is 2.58 bits per heavy atom. The van der Waals surface area contributed by atoms with Crippen LogP contribution in [0.2, 0.25) is 0 Å². The van der Waals surface area contributed by atoms with Gasteiger partial charge in [-0.1, -0.05) is 26.0 Å². The zero-order chi connectivity index (χ0) is 19.5. The summed E-state index contributed by atoms with van der Waals surface area (Å²) in [5.41, 5.74) is 0. The molecule has 0 saturated carbocycles. The summed E-state index contributed by atoms with van der Waals surface area (Å²) in [5, 5.41) is 9.04. The smallest absolute Gasteiger partial charge is 0.334 e. The molecule has 1 aliphatic rings. The summed E-state index contributed by atoms with van der Waals surface area (Å²) in [7, 11) is -4.27. The Labute approximate surface area is 151 Å². The molecule has 26 heavy (non-hydrogen) atoms. The third-order valence-corrected chi connectivity index (χ3v) is 5.47. The minimum atomic E-state index is -4.27. The minimum absolute atomic E-state index is 0.0353. The van der Waals surface area contributed by atoms with E-state index in [1.165, 1.54) is 17.0 Å². The van der Waals surface area contributed by atoms with Crippen molar-refractivity contribution in [2.24, 2.45) is 5.92 Å². The lowest BCUT2D eigenvalue weighted by Gasteiger charge is -2.34. The first-order valence-corrected chi connectivity index (χ1v) is 9.52. The summed E-state index contributed by atoms with van der Waals surface area (Å²) in [6, 6.07) is 3.70.